The molecular weight excluding hydrogens is 263 g/mol. The zero-order valence-corrected chi connectivity index (χ0v) is 9.35. The Bertz CT molecular complexity index is 634. The van der Waals surface area contributed by atoms with Crippen LogP contribution in [-0.2, 0) is 6.18 Å². The molecule has 2 aromatic rings. The van der Waals surface area contributed by atoms with Crippen molar-refractivity contribution >= 4 is 11.6 Å². The molecule has 19 heavy (non-hydrogen) atoms. The molecule has 2 heterocycles. The first-order valence-electron chi connectivity index (χ1n) is 4.98. The summed E-state index contributed by atoms with van der Waals surface area (Å²) in [4.78, 5) is 14.6. The van der Waals surface area contributed by atoms with Crippen molar-refractivity contribution in [1.82, 2.24) is 14.8 Å². The summed E-state index contributed by atoms with van der Waals surface area (Å²) in [7, 11) is 0. The molecule has 100 valence electrons. The number of carbonyl (C=O) groups is 1. The molecule has 2 aromatic heterocycles. The molecule has 1 amide bonds. The summed E-state index contributed by atoms with van der Waals surface area (Å²) in [5, 5.41) is 3.61. The zero-order valence-electron chi connectivity index (χ0n) is 9.35. The van der Waals surface area contributed by atoms with E-state index in [-0.39, 0.29) is 11.4 Å². The molecule has 0 radical (unpaired) electrons. The number of anilines is 1. The van der Waals surface area contributed by atoms with Crippen molar-refractivity contribution in [2.75, 3.05) is 5.73 Å². The van der Waals surface area contributed by atoms with Gasteiger partial charge in [0.15, 0.2) is 11.5 Å². The highest BCUT2D eigenvalue weighted by atomic mass is 19.4. The Morgan fingerprint density at radius 1 is 1.37 bits per heavy atom. The van der Waals surface area contributed by atoms with Gasteiger partial charge < -0.3 is 11.5 Å². The quantitative estimate of drug-likeness (QED) is 0.849. The maximum absolute atomic E-state index is 12.8. The summed E-state index contributed by atoms with van der Waals surface area (Å²) in [5.41, 5.74) is 9.02. The molecule has 0 aliphatic heterocycles. The number of pyridine rings is 1. The molecule has 0 spiro atoms. The third-order valence-corrected chi connectivity index (χ3v) is 2.29. The number of nitrogen functional groups attached to an aromatic ring is 1. The zero-order chi connectivity index (χ0) is 14.2. The molecule has 0 bridgehead atoms. The van der Waals surface area contributed by atoms with Crippen LogP contribution in [-0.4, -0.2) is 20.7 Å². The first-order valence-corrected chi connectivity index (χ1v) is 4.98. The smallest absolute Gasteiger partial charge is 0.396 e. The number of nitrogens with zero attached hydrogens (tertiary/aromatic N) is 3. The van der Waals surface area contributed by atoms with Crippen LogP contribution in [0.1, 0.15) is 16.1 Å². The fourth-order valence-electron chi connectivity index (χ4n) is 1.49. The third-order valence-electron chi connectivity index (χ3n) is 2.29. The average Bonchev–Trinajstić information content (AvgIpc) is 2.70. The number of alkyl halides is 3. The largest absolute Gasteiger partial charge is 0.420 e. The SMILES string of the molecule is NC(=O)c1nn(-c2ncccc2C(F)(F)F)cc1N. The Morgan fingerprint density at radius 3 is 2.58 bits per heavy atom. The first kappa shape index (κ1) is 12.9. The molecule has 6 nitrogen and oxygen atoms in total. The van der Waals surface area contributed by atoms with E-state index < -0.39 is 23.5 Å². The Labute approximate surface area is 104 Å². The molecule has 4 N–H and O–H groups in total. The summed E-state index contributed by atoms with van der Waals surface area (Å²) in [6.45, 7) is 0. The van der Waals surface area contributed by atoms with Gasteiger partial charge in [0.05, 0.1) is 11.9 Å². The predicted octanol–water partition coefficient (Wildman–Crippen LogP) is 0.967. The van der Waals surface area contributed by atoms with Crippen LogP contribution in [0.3, 0.4) is 0 Å². The molecule has 0 aromatic carbocycles. The molecule has 0 unspecified atom stereocenters. The van der Waals surface area contributed by atoms with Gasteiger partial charge in [-0.3, -0.25) is 4.79 Å². The van der Waals surface area contributed by atoms with Crippen molar-refractivity contribution in [2.24, 2.45) is 5.73 Å². The lowest BCUT2D eigenvalue weighted by molar-refractivity contribution is -0.137. The molecule has 0 atom stereocenters. The minimum absolute atomic E-state index is 0.119. The van der Waals surface area contributed by atoms with E-state index >= 15 is 0 Å². The number of carbonyl (C=O) groups excluding carboxylic acids is 1. The Kier molecular flexibility index (Phi) is 2.89. The molecule has 2 rings (SSSR count). The molecular formula is C10H8F3N5O. The number of aromatic nitrogens is 3. The van der Waals surface area contributed by atoms with Crippen LogP contribution in [0.25, 0.3) is 5.82 Å². The molecule has 9 heteroatoms. The lowest BCUT2D eigenvalue weighted by Crippen LogP contribution is -2.15. The standard InChI is InChI=1S/C10H8F3N5O/c11-10(12,13)5-2-1-3-16-9(5)18-4-6(14)7(17-18)8(15)19/h1-4H,14H2,(H2,15,19). The van der Waals surface area contributed by atoms with Crippen molar-refractivity contribution in [3.8, 4) is 5.82 Å². The van der Waals surface area contributed by atoms with Crippen molar-refractivity contribution in [3.05, 3.63) is 35.8 Å². The lowest BCUT2D eigenvalue weighted by atomic mass is 10.2. The van der Waals surface area contributed by atoms with Crippen molar-refractivity contribution in [2.45, 2.75) is 6.18 Å². The Morgan fingerprint density at radius 2 is 2.05 bits per heavy atom. The topological polar surface area (TPSA) is 99.8 Å². The average molecular weight is 271 g/mol. The van der Waals surface area contributed by atoms with Gasteiger partial charge in [-0.05, 0) is 12.1 Å². The first-order chi connectivity index (χ1) is 8.80. The number of rotatable bonds is 2. The van der Waals surface area contributed by atoms with Crippen LogP contribution in [0.2, 0.25) is 0 Å². The van der Waals surface area contributed by atoms with Gasteiger partial charge in [-0.15, -0.1) is 0 Å². The molecule has 0 saturated heterocycles. The van der Waals surface area contributed by atoms with Gasteiger partial charge in [0.25, 0.3) is 5.91 Å². The number of hydrogen-bond acceptors (Lipinski definition) is 4. The van der Waals surface area contributed by atoms with Gasteiger partial charge in [-0.25, -0.2) is 9.67 Å². The van der Waals surface area contributed by atoms with E-state index in [0.717, 1.165) is 23.0 Å². The van der Waals surface area contributed by atoms with E-state index in [2.05, 4.69) is 10.1 Å². The summed E-state index contributed by atoms with van der Waals surface area (Å²) < 4.78 is 39.2. The maximum Gasteiger partial charge on any atom is 0.420 e. The van der Waals surface area contributed by atoms with E-state index in [1.54, 1.807) is 0 Å². The molecule has 0 fully saturated rings. The monoisotopic (exact) mass is 271 g/mol. The highest BCUT2D eigenvalue weighted by molar-refractivity contribution is 5.95. The summed E-state index contributed by atoms with van der Waals surface area (Å²) >= 11 is 0. The van der Waals surface area contributed by atoms with Crippen LogP contribution in [0.4, 0.5) is 18.9 Å². The number of primary amides is 1. The van der Waals surface area contributed by atoms with Gasteiger partial charge in [-0.2, -0.15) is 18.3 Å². The second kappa shape index (κ2) is 4.26. The molecule has 0 aliphatic carbocycles. The van der Waals surface area contributed by atoms with Gasteiger partial charge in [-0.1, -0.05) is 0 Å². The highest BCUT2D eigenvalue weighted by Crippen LogP contribution is 2.32. The second-order valence-electron chi connectivity index (χ2n) is 3.61. The van der Waals surface area contributed by atoms with Crippen LogP contribution in [0.5, 0.6) is 0 Å². The molecule has 0 saturated carbocycles. The van der Waals surface area contributed by atoms with Gasteiger partial charge in [0, 0.05) is 6.20 Å². The lowest BCUT2D eigenvalue weighted by Gasteiger charge is -2.10. The van der Waals surface area contributed by atoms with E-state index in [9.17, 15) is 18.0 Å². The van der Waals surface area contributed by atoms with Crippen LogP contribution in [0, 0.1) is 0 Å². The summed E-state index contributed by atoms with van der Waals surface area (Å²) in [6.07, 6.45) is -2.37. The molecule has 0 aliphatic rings. The van der Waals surface area contributed by atoms with E-state index in [1.807, 2.05) is 0 Å². The number of nitrogens with two attached hydrogens (primary N) is 2. The second-order valence-corrected chi connectivity index (χ2v) is 3.61. The number of amides is 1. The minimum Gasteiger partial charge on any atom is -0.396 e. The fraction of sp³-hybridized carbons (Fsp3) is 0.100. The Balaban J connectivity index is 2.60. The normalized spacial score (nSPS) is 11.5. The Hall–Kier alpha value is -2.58. The minimum atomic E-state index is -4.60. The van der Waals surface area contributed by atoms with E-state index in [0.29, 0.717) is 0 Å². The van der Waals surface area contributed by atoms with Gasteiger partial charge in [0.2, 0.25) is 0 Å². The van der Waals surface area contributed by atoms with E-state index in [1.165, 1.54) is 6.20 Å². The van der Waals surface area contributed by atoms with E-state index in [4.69, 9.17) is 11.5 Å². The number of hydrogen-bond donors (Lipinski definition) is 2. The third kappa shape index (κ3) is 2.34. The van der Waals surface area contributed by atoms with Crippen LogP contribution >= 0.6 is 0 Å². The highest BCUT2D eigenvalue weighted by Gasteiger charge is 2.35. The predicted molar refractivity (Wildman–Crippen MR) is 59.3 cm³/mol. The summed E-state index contributed by atoms with van der Waals surface area (Å²) in [5.74, 6) is -1.41. The van der Waals surface area contributed by atoms with Crippen molar-refractivity contribution < 1.29 is 18.0 Å². The maximum atomic E-state index is 12.8. The summed E-state index contributed by atoms with van der Waals surface area (Å²) in [6, 6.07) is 2.00. The van der Waals surface area contributed by atoms with Crippen LogP contribution in [0.15, 0.2) is 24.5 Å². The van der Waals surface area contributed by atoms with Gasteiger partial charge in [0.1, 0.15) is 5.56 Å². The number of halogens is 3. The fourth-order valence-corrected chi connectivity index (χ4v) is 1.49. The van der Waals surface area contributed by atoms with Gasteiger partial charge >= 0.3 is 6.18 Å². The van der Waals surface area contributed by atoms with Crippen LogP contribution < -0.4 is 11.5 Å². The van der Waals surface area contributed by atoms with Crippen molar-refractivity contribution in [3.63, 3.8) is 0 Å². The van der Waals surface area contributed by atoms with Crippen molar-refractivity contribution in [1.29, 1.82) is 0 Å².